The van der Waals surface area contributed by atoms with Gasteiger partial charge in [-0.05, 0) is 63.7 Å². The van der Waals surface area contributed by atoms with Gasteiger partial charge in [0.2, 0.25) is 5.69 Å². The van der Waals surface area contributed by atoms with E-state index in [1.54, 1.807) is 22.7 Å². The smallest absolute Gasteiger partial charge is 0.220 e. The molecular weight excluding hydrogens is 937 g/mol. The molecule has 0 amide bonds. The standard InChI is InChI=1S/C68H38N4S2/c1-70-62-59(43-23-10-4-11-24-43)54(40-69)63(60(44-25-12-5-13-26-44)66(62)71-55-30-16-14-28-52(55)61-46(29-18-31-56(61)71)42-21-8-3-9-22-42)72-64-48(34-36-50-47-27-15-17-32-57(47)73-67(50)64)49-35-37-51-53-39-45(41-19-6-2-7-20-41)33-38-58(53)74-68(51)65(49)72/h2-39H. The van der Waals surface area contributed by atoms with Crippen LogP contribution in [0.5, 0.6) is 0 Å². The highest BCUT2D eigenvalue weighted by Gasteiger charge is 2.33. The van der Waals surface area contributed by atoms with Crippen LogP contribution in [0.1, 0.15) is 5.56 Å². The fourth-order valence-corrected chi connectivity index (χ4v) is 14.3. The highest BCUT2D eigenvalue weighted by molar-refractivity contribution is 7.27. The van der Waals surface area contributed by atoms with E-state index in [1.807, 2.05) is 36.4 Å². The van der Waals surface area contributed by atoms with Crippen molar-refractivity contribution in [2.45, 2.75) is 0 Å². The summed E-state index contributed by atoms with van der Waals surface area (Å²) in [6.07, 6.45) is 0. The molecule has 0 spiro atoms. The van der Waals surface area contributed by atoms with Crippen LogP contribution in [0.25, 0.3) is 145 Å². The number of nitriles is 1. The molecule has 74 heavy (non-hydrogen) atoms. The molecule has 0 N–H and O–H groups in total. The Hall–Kier alpha value is -9.56. The van der Waals surface area contributed by atoms with Crippen LogP contribution in [0.4, 0.5) is 5.69 Å². The van der Waals surface area contributed by atoms with Gasteiger partial charge in [-0.1, -0.05) is 200 Å². The predicted molar refractivity (Wildman–Crippen MR) is 314 cm³/mol. The minimum atomic E-state index is 0.413. The van der Waals surface area contributed by atoms with Crippen LogP contribution in [0, 0.1) is 17.9 Å². The maximum absolute atomic E-state index is 12.2. The molecule has 4 heterocycles. The van der Waals surface area contributed by atoms with Gasteiger partial charge in [0.25, 0.3) is 0 Å². The second-order valence-electron chi connectivity index (χ2n) is 18.8. The van der Waals surface area contributed by atoms with Gasteiger partial charge in [0, 0.05) is 63.6 Å². The number of hydrogen-bond acceptors (Lipinski definition) is 3. The first-order valence-electron chi connectivity index (χ1n) is 24.7. The van der Waals surface area contributed by atoms with Gasteiger partial charge in [0.15, 0.2) is 0 Å². The molecule has 6 heteroatoms. The highest BCUT2D eigenvalue weighted by Crippen LogP contribution is 2.55. The number of thiophene rings is 2. The Morgan fingerprint density at radius 2 is 0.919 bits per heavy atom. The maximum Gasteiger partial charge on any atom is 0.220 e. The molecule has 15 aromatic rings. The largest absolute Gasteiger partial charge is 0.318 e. The monoisotopic (exact) mass is 974 g/mol. The molecular formula is C68H38N4S2. The van der Waals surface area contributed by atoms with Gasteiger partial charge >= 0.3 is 0 Å². The van der Waals surface area contributed by atoms with Gasteiger partial charge in [-0.25, -0.2) is 4.85 Å². The lowest BCUT2D eigenvalue weighted by Crippen LogP contribution is -2.09. The van der Waals surface area contributed by atoms with Crippen molar-refractivity contribution in [1.29, 1.82) is 5.26 Å². The molecule has 0 aliphatic carbocycles. The Morgan fingerprint density at radius 1 is 0.392 bits per heavy atom. The number of fused-ring (bicyclic) bond motifs is 14. The van der Waals surface area contributed by atoms with Gasteiger partial charge in [-0.15, -0.1) is 22.7 Å². The number of hydrogen-bond donors (Lipinski definition) is 0. The third kappa shape index (κ3) is 6.05. The van der Waals surface area contributed by atoms with Crippen LogP contribution < -0.4 is 0 Å². The van der Waals surface area contributed by atoms with Crippen molar-refractivity contribution in [2.24, 2.45) is 0 Å². The van der Waals surface area contributed by atoms with E-state index >= 15 is 0 Å². The summed E-state index contributed by atoms with van der Waals surface area (Å²) in [6, 6.07) is 84.4. The predicted octanol–water partition coefficient (Wildman–Crippen LogP) is 19.7. The minimum Gasteiger partial charge on any atom is -0.318 e. The zero-order valence-corrected chi connectivity index (χ0v) is 41.2. The second kappa shape index (κ2) is 16.5. The Morgan fingerprint density at radius 3 is 1.57 bits per heavy atom. The number of nitrogens with zero attached hydrogens (tertiary/aromatic N) is 4. The summed E-state index contributed by atoms with van der Waals surface area (Å²) in [7, 11) is 0. The van der Waals surface area contributed by atoms with Gasteiger partial charge in [-0.2, -0.15) is 5.26 Å². The van der Waals surface area contributed by atoms with Crippen LogP contribution in [0.3, 0.4) is 0 Å². The summed E-state index contributed by atoms with van der Waals surface area (Å²) in [6.45, 7) is 9.43. The molecule has 0 unspecified atom stereocenters. The molecule has 0 saturated heterocycles. The molecule has 0 fully saturated rings. The van der Waals surface area contributed by atoms with Gasteiger partial charge in [0.05, 0.1) is 55.0 Å². The van der Waals surface area contributed by atoms with Crippen LogP contribution >= 0.6 is 22.7 Å². The molecule has 0 saturated carbocycles. The van der Waals surface area contributed by atoms with Gasteiger partial charge < -0.3 is 9.13 Å². The van der Waals surface area contributed by atoms with Gasteiger partial charge in [-0.3, -0.25) is 0 Å². The lowest BCUT2D eigenvalue weighted by molar-refractivity contribution is 1.14. The zero-order valence-electron chi connectivity index (χ0n) is 39.5. The van der Waals surface area contributed by atoms with Crippen LogP contribution in [-0.4, -0.2) is 9.13 Å². The normalized spacial score (nSPS) is 11.8. The van der Waals surface area contributed by atoms with E-state index in [1.165, 1.54) is 31.1 Å². The van der Waals surface area contributed by atoms with Crippen molar-refractivity contribution in [3.05, 3.63) is 248 Å². The molecule has 0 aliphatic heterocycles. The number of benzene rings is 11. The average molecular weight is 975 g/mol. The van der Waals surface area contributed by atoms with E-state index in [0.29, 0.717) is 16.8 Å². The zero-order chi connectivity index (χ0) is 49.0. The molecule has 0 radical (unpaired) electrons. The summed E-state index contributed by atoms with van der Waals surface area (Å²) in [5.41, 5.74) is 14.0. The first-order chi connectivity index (χ1) is 36.7. The Bertz CT molecular complexity index is 4890. The van der Waals surface area contributed by atoms with E-state index in [-0.39, 0.29) is 0 Å². The molecule has 0 aliphatic rings. The number of para-hydroxylation sites is 1. The summed E-state index contributed by atoms with van der Waals surface area (Å²) < 4.78 is 9.44. The van der Waals surface area contributed by atoms with E-state index in [0.717, 1.165) is 103 Å². The fourth-order valence-electron chi connectivity index (χ4n) is 11.9. The Kier molecular flexibility index (Phi) is 9.40. The van der Waals surface area contributed by atoms with Crippen molar-refractivity contribution in [1.82, 2.24) is 9.13 Å². The molecule has 4 nitrogen and oxygen atoms in total. The summed E-state index contributed by atoms with van der Waals surface area (Å²) >= 11 is 3.60. The first kappa shape index (κ1) is 42.2. The molecule has 342 valence electrons. The third-order valence-electron chi connectivity index (χ3n) is 15.0. The first-order valence-corrected chi connectivity index (χ1v) is 26.3. The molecule has 0 bridgehead atoms. The average Bonchev–Trinajstić information content (AvgIpc) is 4.25. The Labute approximate surface area is 433 Å². The fraction of sp³-hybridized carbons (Fsp3) is 0. The van der Waals surface area contributed by atoms with Gasteiger partial charge in [0.1, 0.15) is 6.07 Å². The lowest BCUT2D eigenvalue weighted by atomic mass is 9.88. The molecule has 0 atom stereocenters. The van der Waals surface area contributed by atoms with E-state index in [9.17, 15) is 11.8 Å². The van der Waals surface area contributed by atoms with Crippen molar-refractivity contribution in [2.75, 3.05) is 0 Å². The number of aromatic nitrogens is 2. The quantitative estimate of drug-likeness (QED) is 0.153. The van der Waals surface area contributed by atoms with Crippen molar-refractivity contribution < 1.29 is 0 Å². The molecule has 11 aromatic carbocycles. The lowest BCUT2D eigenvalue weighted by Gasteiger charge is -2.26. The Balaban J connectivity index is 1.21. The van der Waals surface area contributed by atoms with Crippen LogP contribution in [0.15, 0.2) is 231 Å². The van der Waals surface area contributed by atoms with Crippen LogP contribution in [-0.2, 0) is 0 Å². The third-order valence-corrected chi connectivity index (χ3v) is 17.4. The van der Waals surface area contributed by atoms with Crippen molar-refractivity contribution >= 4 is 112 Å². The summed E-state index contributed by atoms with van der Waals surface area (Å²) in [5.74, 6) is 0. The van der Waals surface area contributed by atoms with E-state index < -0.39 is 0 Å². The van der Waals surface area contributed by atoms with Crippen molar-refractivity contribution in [3.63, 3.8) is 0 Å². The second-order valence-corrected chi connectivity index (χ2v) is 20.9. The SMILES string of the molecule is [C-]#[N+]c1c(-c2ccccc2)c(C#N)c(-n2c3c(ccc4c5ccccc5sc43)c3ccc4c5cc(-c6ccccc6)ccc5sc4c32)c(-c2ccccc2)c1-n1c2ccccc2c2c(-c3ccccc3)cccc21. The number of rotatable bonds is 6. The van der Waals surface area contributed by atoms with Crippen LogP contribution in [0.2, 0.25) is 0 Å². The topological polar surface area (TPSA) is 38.0 Å². The maximum atomic E-state index is 12.2. The highest BCUT2D eigenvalue weighted by atomic mass is 32.1. The summed E-state index contributed by atoms with van der Waals surface area (Å²) in [4.78, 5) is 4.60. The van der Waals surface area contributed by atoms with Crippen molar-refractivity contribution in [3.8, 4) is 62.0 Å². The minimum absolute atomic E-state index is 0.413. The summed E-state index contributed by atoms with van der Waals surface area (Å²) in [5, 5.41) is 21.3. The molecule has 15 rings (SSSR count). The van der Waals surface area contributed by atoms with E-state index in [2.05, 4.69) is 214 Å². The van der Waals surface area contributed by atoms with E-state index in [4.69, 9.17) is 0 Å². The molecule has 4 aromatic heterocycles.